The number of aliphatic hydroxyl groups is 1. The Labute approximate surface area is 156 Å². The molecule has 2 aromatic rings. The second-order valence-electron chi connectivity index (χ2n) is 7.04. The first kappa shape index (κ1) is 17.7. The van der Waals surface area contributed by atoms with E-state index in [1.807, 2.05) is 23.6 Å². The molecule has 2 aromatic heterocycles. The lowest BCUT2D eigenvalue weighted by Gasteiger charge is -2.37. The maximum Gasteiger partial charge on any atom is 0.255 e. The molecule has 6 nitrogen and oxygen atoms in total. The van der Waals surface area contributed by atoms with Crippen LogP contribution in [0, 0.1) is 5.92 Å². The molecule has 2 N–H and O–H groups in total. The number of nitrogens with one attached hydrogen (secondary N) is 1. The van der Waals surface area contributed by atoms with E-state index in [9.17, 15) is 9.90 Å². The van der Waals surface area contributed by atoms with Gasteiger partial charge in [-0.2, -0.15) is 0 Å². The van der Waals surface area contributed by atoms with Crippen molar-refractivity contribution in [2.45, 2.75) is 31.5 Å². The van der Waals surface area contributed by atoms with Gasteiger partial charge in [-0.1, -0.05) is 6.07 Å². The highest BCUT2D eigenvalue weighted by molar-refractivity contribution is 7.10. The molecule has 2 fully saturated rings. The van der Waals surface area contributed by atoms with Crippen LogP contribution in [0.25, 0.3) is 0 Å². The monoisotopic (exact) mass is 376 g/mol. The minimum atomic E-state index is -0.242. The average molecular weight is 376 g/mol. The number of rotatable bonds is 6. The van der Waals surface area contributed by atoms with Gasteiger partial charge in [0.15, 0.2) is 0 Å². The van der Waals surface area contributed by atoms with Crippen LogP contribution in [0.15, 0.2) is 34.3 Å². The quantitative estimate of drug-likeness (QED) is 0.810. The number of hydrogen-bond donors (Lipinski definition) is 2. The summed E-state index contributed by atoms with van der Waals surface area (Å²) in [6.45, 7) is 3.94. The van der Waals surface area contributed by atoms with Gasteiger partial charge in [0.05, 0.1) is 37.5 Å². The van der Waals surface area contributed by atoms with Crippen LogP contribution >= 0.6 is 11.3 Å². The van der Waals surface area contributed by atoms with Gasteiger partial charge in [-0.05, 0) is 36.3 Å². The van der Waals surface area contributed by atoms with E-state index in [1.165, 1.54) is 6.26 Å². The van der Waals surface area contributed by atoms with Gasteiger partial charge in [-0.3, -0.25) is 9.69 Å². The standard InChI is InChI=1S/C19H24N2O4S/c22-15-8-13(9-15)18(17-2-1-7-26-17)20-19(23)14-10-16(25-12-14)11-21-3-5-24-6-4-21/h1-2,7,10,12-13,15,18,22H,3-6,8-9,11H2,(H,20,23)/t13?,15?,18-/m1/s1. The molecule has 2 aliphatic rings. The maximum absolute atomic E-state index is 12.7. The summed E-state index contributed by atoms with van der Waals surface area (Å²) >= 11 is 1.64. The number of morpholine rings is 1. The Bertz CT molecular complexity index is 718. The summed E-state index contributed by atoms with van der Waals surface area (Å²) in [6, 6.07) is 5.81. The molecule has 0 radical (unpaired) electrons. The number of aliphatic hydroxyl groups excluding tert-OH is 1. The van der Waals surface area contributed by atoms with Crippen molar-refractivity contribution in [2.24, 2.45) is 5.92 Å². The van der Waals surface area contributed by atoms with Crippen molar-refractivity contribution in [2.75, 3.05) is 26.3 Å². The molecule has 0 spiro atoms. The summed E-state index contributed by atoms with van der Waals surface area (Å²) in [5, 5.41) is 14.8. The number of carbonyl (C=O) groups excluding carboxylic acids is 1. The fourth-order valence-electron chi connectivity index (χ4n) is 3.58. The average Bonchev–Trinajstić information content (AvgIpc) is 3.30. The molecule has 4 rings (SSSR count). The van der Waals surface area contributed by atoms with Crippen LogP contribution in [0.3, 0.4) is 0 Å². The molecule has 1 amide bonds. The van der Waals surface area contributed by atoms with Crippen LogP contribution in [0.1, 0.15) is 39.9 Å². The molecule has 0 unspecified atom stereocenters. The van der Waals surface area contributed by atoms with Gasteiger partial charge in [0.2, 0.25) is 0 Å². The molecule has 1 atom stereocenters. The fraction of sp³-hybridized carbons (Fsp3) is 0.526. The van der Waals surface area contributed by atoms with Crippen LogP contribution in [0.5, 0.6) is 0 Å². The van der Waals surface area contributed by atoms with E-state index in [0.29, 0.717) is 12.1 Å². The minimum Gasteiger partial charge on any atom is -0.467 e. The van der Waals surface area contributed by atoms with E-state index in [0.717, 1.165) is 49.8 Å². The van der Waals surface area contributed by atoms with Crippen LogP contribution in [0.2, 0.25) is 0 Å². The lowest BCUT2D eigenvalue weighted by atomic mass is 9.76. The first-order valence-electron chi connectivity index (χ1n) is 9.09. The Hall–Kier alpha value is -1.67. The van der Waals surface area contributed by atoms with Crippen molar-refractivity contribution < 1.29 is 19.1 Å². The molecule has 0 bridgehead atoms. The van der Waals surface area contributed by atoms with E-state index in [-0.39, 0.29) is 24.0 Å². The van der Waals surface area contributed by atoms with E-state index in [1.54, 1.807) is 11.3 Å². The number of furan rings is 1. The number of ether oxygens (including phenoxy) is 1. The predicted molar refractivity (Wildman–Crippen MR) is 98.1 cm³/mol. The van der Waals surface area contributed by atoms with Crippen molar-refractivity contribution in [3.63, 3.8) is 0 Å². The number of amides is 1. The number of nitrogens with zero attached hydrogens (tertiary/aromatic N) is 1. The zero-order valence-electron chi connectivity index (χ0n) is 14.6. The zero-order chi connectivity index (χ0) is 17.9. The lowest BCUT2D eigenvalue weighted by molar-refractivity contribution is 0.0241. The van der Waals surface area contributed by atoms with E-state index in [4.69, 9.17) is 9.15 Å². The molecule has 26 heavy (non-hydrogen) atoms. The zero-order valence-corrected chi connectivity index (χ0v) is 15.4. The van der Waals surface area contributed by atoms with E-state index < -0.39 is 0 Å². The first-order valence-corrected chi connectivity index (χ1v) is 9.97. The predicted octanol–water partition coefficient (Wildman–Crippen LogP) is 2.42. The summed E-state index contributed by atoms with van der Waals surface area (Å²) < 4.78 is 11.0. The highest BCUT2D eigenvalue weighted by atomic mass is 32.1. The van der Waals surface area contributed by atoms with Crippen molar-refractivity contribution >= 4 is 17.2 Å². The minimum absolute atomic E-state index is 0.0523. The third-order valence-electron chi connectivity index (χ3n) is 5.16. The van der Waals surface area contributed by atoms with Gasteiger partial charge in [0.1, 0.15) is 12.0 Å². The largest absolute Gasteiger partial charge is 0.467 e. The third-order valence-corrected chi connectivity index (χ3v) is 6.11. The number of carbonyl (C=O) groups is 1. The van der Waals surface area contributed by atoms with Crippen molar-refractivity contribution in [3.8, 4) is 0 Å². The summed E-state index contributed by atoms with van der Waals surface area (Å²) in [4.78, 5) is 16.1. The summed E-state index contributed by atoms with van der Waals surface area (Å²) in [7, 11) is 0. The van der Waals surface area contributed by atoms with Crippen LogP contribution < -0.4 is 5.32 Å². The van der Waals surface area contributed by atoms with Gasteiger partial charge >= 0.3 is 0 Å². The molecule has 7 heteroatoms. The SMILES string of the molecule is O=C(N[C@@H](c1cccs1)C1CC(O)C1)c1coc(CN2CCOCC2)c1. The Morgan fingerprint density at radius 3 is 2.88 bits per heavy atom. The van der Waals surface area contributed by atoms with Gasteiger partial charge in [-0.15, -0.1) is 11.3 Å². The highest BCUT2D eigenvalue weighted by Gasteiger charge is 2.36. The summed E-state index contributed by atoms with van der Waals surface area (Å²) in [5.41, 5.74) is 0.551. The molecule has 1 saturated carbocycles. The molecular formula is C19H24N2O4S. The molecule has 0 aromatic carbocycles. The van der Waals surface area contributed by atoms with Gasteiger partial charge in [-0.25, -0.2) is 0 Å². The molecular weight excluding hydrogens is 352 g/mol. The number of thiophene rings is 1. The highest BCUT2D eigenvalue weighted by Crippen LogP contribution is 2.39. The van der Waals surface area contributed by atoms with E-state index in [2.05, 4.69) is 10.2 Å². The Balaban J connectivity index is 1.40. The normalized spacial score (nSPS) is 24.8. The third kappa shape index (κ3) is 4.01. The van der Waals surface area contributed by atoms with Gasteiger partial charge < -0.3 is 19.6 Å². The Morgan fingerprint density at radius 1 is 1.38 bits per heavy atom. The fourth-order valence-corrected chi connectivity index (χ4v) is 4.45. The van der Waals surface area contributed by atoms with Gasteiger partial charge in [0.25, 0.3) is 5.91 Å². The molecule has 3 heterocycles. The van der Waals surface area contributed by atoms with Gasteiger partial charge in [0, 0.05) is 18.0 Å². The van der Waals surface area contributed by atoms with Crippen molar-refractivity contribution in [1.82, 2.24) is 10.2 Å². The second-order valence-corrected chi connectivity index (χ2v) is 8.02. The lowest BCUT2D eigenvalue weighted by Crippen LogP contribution is -2.41. The molecule has 1 saturated heterocycles. The maximum atomic E-state index is 12.7. The second kappa shape index (κ2) is 7.92. The number of hydrogen-bond acceptors (Lipinski definition) is 6. The molecule has 1 aliphatic carbocycles. The van der Waals surface area contributed by atoms with Crippen molar-refractivity contribution in [3.05, 3.63) is 46.0 Å². The Kier molecular flexibility index (Phi) is 5.40. The van der Waals surface area contributed by atoms with Crippen LogP contribution in [0.4, 0.5) is 0 Å². The first-order chi connectivity index (χ1) is 12.7. The summed E-state index contributed by atoms with van der Waals surface area (Å²) in [5.74, 6) is 0.956. The summed E-state index contributed by atoms with van der Waals surface area (Å²) in [6.07, 6.45) is 2.76. The molecule has 1 aliphatic heterocycles. The topological polar surface area (TPSA) is 74.9 Å². The van der Waals surface area contributed by atoms with Crippen LogP contribution in [-0.2, 0) is 11.3 Å². The van der Waals surface area contributed by atoms with Crippen LogP contribution in [-0.4, -0.2) is 48.3 Å². The molecule has 140 valence electrons. The smallest absolute Gasteiger partial charge is 0.255 e. The van der Waals surface area contributed by atoms with Crippen molar-refractivity contribution in [1.29, 1.82) is 0 Å². The van der Waals surface area contributed by atoms with E-state index >= 15 is 0 Å². The Morgan fingerprint density at radius 2 is 2.19 bits per heavy atom.